The van der Waals surface area contributed by atoms with Gasteiger partial charge in [-0.1, -0.05) is 39.0 Å². The van der Waals surface area contributed by atoms with Crippen molar-refractivity contribution in [3.63, 3.8) is 0 Å². The smallest absolute Gasteiger partial charge is 0.265 e. The van der Waals surface area contributed by atoms with Crippen molar-refractivity contribution in [2.45, 2.75) is 33.1 Å². The van der Waals surface area contributed by atoms with Crippen LogP contribution in [0.1, 0.15) is 40.9 Å². The number of hydrogen-bond acceptors (Lipinski definition) is 6. The van der Waals surface area contributed by atoms with E-state index in [2.05, 4.69) is 36.7 Å². The number of amides is 1. The largest absolute Gasteiger partial charge is 0.394 e. The number of thiophene rings is 1. The van der Waals surface area contributed by atoms with Gasteiger partial charge in [0.15, 0.2) is 0 Å². The highest BCUT2D eigenvalue weighted by Crippen LogP contribution is 2.31. The van der Waals surface area contributed by atoms with E-state index in [1.807, 2.05) is 61.5 Å². The summed E-state index contributed by atoms with van der Waals surface area (Å²) in [6, 6.07) is 17.3. The van der Waals surface area contributed by atoms with Crippen LogP contribution in [0.5, 0.6) is 0 Å². The SMILES string of the molecule is CN/C=C\C(=N)n1c(Nc2cc(NC(=O)c3ccc(C(C)(C)C)s3)ccc2C)nc2ccccc21. The minimum atomic E-state index is -0.133. The van der Waals surface area contributed by atoms with Crippen LogP contribution in [0.15, 0.2) is 66.9 Å². The van der Waals surface area contributed by atoms with Gasteiger partial charge in [-0.3, -0.25) is 14.8 Å². The van der Waals surface area contributed by atoms with Crippen molar-refractivity contribution in [1.29, 1.82) is 5.41 Å². The van der Waals surface area contributed by atoms with Crippen LogP contribution in [0.4, 0.5) is 17.3 Å². The average molecular weight is 487 g/mol. The lowest BCUT2D eigenvalue weighted by Gasteiger charge is -2.15. The third kappa shape index (κ3) is 5.27. The second-order valence-electron chi connectivity index (χ2n) is 9.29. The lowest BCUT2D eigenvalue weighted by molar-refractivity contribution is 0.103. The number of fused-ring (bicyclic) bond motifs is 1. The molecule has 4 N–H and O–H groups in total. The molecule has 35 heavy (non-hydrogen) atoms. The molecule has 4 rings (SSSR count). The maximum absolute atomic E-state index is 12.9. The first-order valence-corrected chi connectivity index (χ1v) is 12.2. The van der Waals surface area contributed by atoms with Gasteiger partial charge in [0.1, 0.15) is 5.84 Å². The highest BCUT2D eigenvalue weighted by Gasteiger charge is 2.19. The van der Waals surface area contributed by atoms with Gasteiger partial charge >= 0.3 is 0 Å². The fourth-order valence-electron chi connectivity index (χ4n) is 3.60. The van der Waals surface area contributed by atoms with E-state index in [1.165, 1.54) is 16.2 Å². The summed E-state index contributed by atoms with van der Waals surface area (Å²) in [5, 5.41) is 17.9. The maximum atomic E-state index is 12.9. The van der Waals surface area contributed by atoms with Crippen molar-refractivity contribution in [3.8, 4) is 0 Å². The molecule has 180 valence electrons. The van der Waals surface area contributed by atoms with E-state index in [-0.39, 0.29) is 17.2 Å². The number of para-hydroxylation sites is 2. The van der Waals surface area contributed by atoms with Crippen LogP contribution in [0, 0.1) is 12.3 Å². The number of rotatable bonds is 6. The lowest BCUT2D eigenvalue weighted by atomic mass is 9.95. The first kappa shape index (κ1) is 24.2. The van der Waals surface area contributed by atoms with Gasteiger partial charge in [0.2, 0.25) is 5.95 Å². The van der Waals surface area contributed by atoms with E-state index >= 15 is 0 Å². The van der Waals surface area contributed by atoms with E-state index in [4.69, 9.17) is 10.4 Å². The molecular formula is C27H30N6OS. The molecule has 0 aliphatic heterocycles. The molecule has 1 amide bonds. The lowest BCUT2D eigenvalue weighted by Crippen LogP contribution is -2.13. The zero-order valence-corrected chi connectivity index (χ0v) is 21.4. The number of allylic oxidation sites excluding steroid dienone is 1. The Hall–Kier alpha value is -3.91. The molecule has 2 aromatic carbocycles. The quantitative estimate of drug-likeness (QED) is 0.191. The Morgan fingerprint density at radius 3 is 2.60 bits per heavy atom. The normalized spacial score (nSPS) is 11.7. The van der Waals surface area contributed by atoms with E-state index in [0.29, 0.717) is 16.5 Å². The van der Waals surface area contributed by atoms with Crippen molar-refractivity contribution in [2.75, 3.05) is 17.7 Å². The van der Waals surface area contributed by atoms with Crippen molar-refractivity contribution < 1.29 is 4.79 Å². The standard InChI is InChI=1S/C27H30N6OS/c1-17-10-11-18(30-25(34)22-12-13-23(35-22)27(2,3)4)16-20(17)32-26-31-19-8-6-7-9-21(19)33(26)24(28)14-15-29-5/h6-16,28-29H,1-5H3,(H,30,34)(H,31,32)/b15-14-,28-24?. The van der Waals surface area contributed by atoms with Crippen LogP contribution < -0.4 is 16.0 Å². The Bertz CT molecular complexity index is 1420. The molecule has 0 aliphatic rings. The number of imidazole rings is 1. The number of anilines is 3. The molecule has 0 saturated carbocycles. The molecule has 0 radical (unpaired) electrons. The summed E-state index contributed by atoms with van der Waals surface area (Å²) >= 11 is 1.51. The van der Waals surface area contributed by atoms with E-state index < -0.39 is 0 Å². The molecule has 0 aliphatic carbocycles. The third-order valence-corrected chi connectivity index (χ3v) is 7.03. The first-order chi connectivity index (χ1) is 16.7. The number of aromatic nitrogens is 2. The van der Waals surface area contributed by atoms with Crippen molar-refractivity contribution >= 4 is 51.4 Å². The zero-order chi connectivity index (χ0) is 25.2. The maximum Gasteiger partial charge on any atom is 0.265 e. The molecule has 0 saturated heterocycles. The van der Waals surface area contributed by atoms with Gasteiger partial charge in [-0.05, 0) is 66.6 Å². The predicted octanol–water partition coefficient (Wildman–Crippen LogP) is 6.26. The molecule has 2 aromatic heterocycles. The molecular weight excluding hydrogens is 456 g/mol. The monoisotopic (exact) mass is 486 g/mol. The van der Waals surface area contributed by atoms with Crippen LogP contribution in [-0.4, -0.2) is 28.3 Å². The molecule has 0 bridgehead atoms. The molecule has 7 nitrogen and oxygen atoms in total. The topological polar surface area (TPSA) is 94.8 Å². The van der Waals surface area contributed by atoms with Crippen LogP contribution in [0.25, 0.3) is 11.0 Å². The van der Waals surface area contributed by atoms with Gasteiger partial charge in [0, 0.05) is 23.3 Å². The number of hydrogen-bond donors (Lipinski definition) is 4. The second kappa shape index (κ2) is 9.76. The summed E-state index contributed by atoms with van der Waals surface area (Å²) in [4.78, 5) is 19.5. The minimum Gasteiger partial charge on any atom is -0.394 e. The Morgan fingerprint density at radius 2 is 1.89 bits per heavy atom. The Labute approximate surface area is 209 Å². The molecule has 0 fully saturated rings. The number of carbonyl (C=O) groups excluding carboxylic acids is 1. The van der Waals surface area contributed by atoms with Gasteiger partial charge in [-0.2, -0.15) is 0 Å². The van der Waals surface area contributed by atoms with Crippen molar-refractivity contribution in [2.24, 2.45) is 0 Å². The molecule has 0 spiro atoms. The zero-order valence-electron chi connectivity index (χ0n) is 20.6. The fraction of sp³-hybridized carbons (Fsp3) is 0.222. The van der Waals surface area contributed by atoms with Crippen LogP contribution in [0.2, 0.25) is 0 Å². The molecule has 2 heterocycles. The fourth-order valence-corrected chi connectivity index (χ4v) is 4.56. The van der Waals surface area contributed by atoms with Crippen molar-refractivity contribution in [1.82, 2.24) is 14.9 Å². The Balaban J connectivity index is 1.63. The average Bonchev–Trinajstić information content (AvgIpc) is 3.45. The van der Waals surface area contributed by atoms with Gasteiger partial charge in [-0.15, -0.1) is 11.3 Å². The number of nitrogens with zero attached hydrogens (tertiary/aromatic N) is 2. The summed E-state index contributed by atoms with van der Waals surface area (Å²) in [6.07, 6.45) is 3.38. The van der Waals surface area contributed by atoms with E-state index in [0.717, 1.165) is 22.3 Å². The Morgan fingerprint density at radius 1 is 1.11 bits per heavy atom. The summed E-state index contributed by atoms with van der Waals surface area (Å²) in [5.74, 6) is 0.660. The number of aryl methyl sites for hydroxylation is 1. The minimum absolute atomic E-state index is 0.00566. The summed E-state index contributed by atoms with van der Waals surface area (Å²) in [6.45, 7) is 8.40. The highest BCUT2D eigenvalue weighted by molar-refractivity contribution is 7.14. The molecule has 0 unspecified atom stereocenters. The first-order valence-electron chi connectivity index (χ1n) is 11.4. The number of carbonyl (C=O) groups is 1. The van der Waals surface area contributed by atoms with Crippen LogP contribution >= 0.6 is 11.3 Å². The Kier molecular flexibility index (Phi) is 6.75. The van der Waals surface area contributed by atoms with Gasteiger partial charge in [0.05, 0.1) is 15.9 Å². The van der Waals surface area contributed by atoms with Gasteiger partial charge < -0.3 is 16.0 Å². The van der Waals surface area contributed by atoms with Gasteiger partial charge in [0.25, 0.3) is 5.91 Å². The summed E-state index contributed by atoms with van der Waals surface area (Å²) in [7, 11) is 1.79. The van der Waals surface area contributed by atoms with Gasteiger partial charge in [-0.25, -0.2) is 4.98 Å². The number of nitrogens with one attached hydrogen (secondary N) is 4. The number of benzene rings is 2. The second-order valence-corrected chi connectivity index (χ2v) is 10.4. The molecule has 8 heteroatoms. The van der Waals surface area contributed by atoms with Crippen LogP contribution in [0.3, 0.4) is 0 Å². The molecule has 0 atom stereocenters. The third-order valence-electron chi connectivity index (χ3n) is 5.52. The molecule has 4 aromatic rings. The predicted molar refractivity (Wildman–Crippen MR) is 146 cm³/mol. The van der Waals surface area contributed by atoms with E-state index in [1.54, 1.807) is 23.9 Å². The highest BCUT2D eigenvalue weighted by atomic mass is 32.1. The summed E-state index contributed by atoms with van der Waals surface area (Å²) < 4.78 is 1.76. The van der Waals surface area contributed by atoms with Crippen LogP contribution in [-0.2, 0) is 5.41 Å². The van der Waals surface area contributed by atoms with E-state index in [9.17, 15) is 4.79 Å². The van der Waals surface area contributed by atoms with Crippen molar-refractivity contribution in [3.05, 3.63) is 82.2 Å². The summed E-state index contributed by atoms with van der Waals surface area (Å²) in [5.41, 5.74) is 4.09.